The van der Waals surface area contributed by atoms with Crippen LogP contribution in [0.1, 0.15) is 109 Å². The van der Waals surface area contributed by atoms with Crippen LogP contribution in [0.25, 0.3) is 0 Å². The third-order valence-corrected chi connectivity index (χ3v) is 7.24. The topological polar surface area (TPSA) is 35.5 Å². The van der Waals surface area contributed by atoms with Crippen molar-refractivity contribution in [3.05, 3.63) is 29.6 Å². The molecule has 1 aromatic rings. The van der Waals surface area contributed by atoms with E-state index in [1.54, 1.807) is 12.1 Å². The van der Waals surface area contributed by atoms with Crippen LogP contribution in [0.5, 0.6) is 5.75 Å². The largest absolute Gasteiger partial charge is 0.491 e. The molecule has 2 fully saturated rings. The molecule has 0 radical (unpaired) electrons. The Morgan fingerprint density at radius 1 is 0.935 bits per heavy atom. The van der Waals surface area contributed by atoms with Crippen LogP contribution in [0.4, 0.5) is 4.39 Å². The molecule has 31 heavy (non-hydrogen) atoms. The lowest BCUT2D eigenvalue weighted by atomic mass is 9.77. The molecule has 0 N–H and O–H groups in total. The van der Waals surface area contributed by atoms with E-state index >= 15 is 0 Å². The average molecular weight is 433 g/mol. The number of hydrogen-bond donors (Lipinski definition) is 0. The van der Waals surface area contributed by atoms with Gasteiger partial charge < -0.3 is 9.47 Å². The summed E-state index contributed by atoms with van der Waals surface area (Å²) in [6.07, 6.45) is 15.5. The zero-order valence-electron chi connectivity index (χ0n) is 19.5. The molecule has 1 saturated carbocycles. The molecule has 1 aliphatic heterocycles. The van der Waals surface area contributed by atoms with E-state index in [1.165, 1.54) is 63.9 Å². The van der Waals surface area contributed by atoms with Crippen molar-refractivity contribution in [3.63, 3.8) is 0 Å². The van der Waals surface area contributed by atoms with Crippen LogP contribution in [0, 0.1) is 17.7 Å². The molecule has 0 aromatic heterocycles. The molecule has 0 spiro atoms. The van der Waals surface area contributed by atoms with Crippen LogP contribution in [0.2, 0.25) is 0 Å². The van der Waals surface area contributed by atoms with Gasteiger partial charge in [-0.3, -0.25) is 4.79 Å². The van der Waals surface area contributed by atoms with Gasteiger partial charge in [-0.2, -0.15) is 0 Å². The van der Waals surface area contributed by atoms with Gasteiger partial charge in [0.25, 0.3) is 0 Å². The molecule has 0 amide bonds. The van der Waals surface area contributed by atoms with Gasteiger partial charge in [0.1, 0.15) is 6.10 Å². The summed E-state index contributed by atoms with van der Waals surface area (Å²) >= 11 is 0. The van der Waals surface area contributed by atoms with E-state index in [2.05, 4.69) is 6.92 Å². The van der Waals surface area contributed by atoms with Gasteiger partial charge in [-0.15, -0.1) is 0 Å². The van der Waals surface area contributed by atoms with Gasteiger partial charge in [0, 0.05) is 0 Å². The fraction of sp³-hybridized carbons (Fsp3) is 0.741. The average Bonchev–Trinajstić information content (AvgIpc) is 2.78. The maximum atomic E-state index is 14.3. The summed E-state index contributed by atoms with van der Waals surface area (Å²) in [4.78, 5) is 12.6. The predicted molar refractivity (Wildman–Crippen MR) is 123 cm³/mol. The quantitative estimate of drug-likeness (QED) is 0.267. The Morgan fingerprint density at radius 3 is 2.32 bits per heavy atom. The van der Waals surface area contributed by atoms with E-state index in [0.29, 0.717) is 12.2 Å². The minimum Gasteiger partial charge on any atom is -0.491 e. The molecule has 1 heterocycles. The molecule has 2 atom stereocenters. The van der Waals surface area contributed by atoms with Crippen molar-refractivity contribution in [2.75, 3.05) is 6.61 Å². The van der Waals surface area contributed by atoms with E-state index in [0.717, 1.165) is 37.5 Å². The molecule has 1 aromatic carbocycles. The molecule has 1 saturated heterocycles. The lowest BCUT2D eigenvalue weighted by molar-refractivity contribution is -0.156. The fourth-order valence-electron chi connectivity index (χ4n) is 5.26. The Labute approximate surface area is 188 Å². The summed E-state index contributed by atoms with van der Waals surface area (Å²) in [6, 6.07) is 4.88. The highest BCUT2D eigenvalue weighted by Crippen LogP contribution is 2.37. The maximum absolute atomic E-state index is 14.3. The van der Waals surface area contributed by atoms with E-state index in [4.69, 9.17) is 9.47 Å². The number of hydrogen-bond acceptors (Lipinski definition) is 3. The molecule has 4 heteroatoms. The molecular formula is C27H41FO3. The first-order chi connectivity index (χ1) is 15.1. The number of benzene rings is 1. The smallest absolute Gasteiger partial charge is 0.313 e. The molecule has 2 aliphatic rings. The SMILES string of the molecule is CCCCCC1CCC(CCC2CCC(c3ccc(OCCC)c(F)c3)C(=O)O2)CC1. The van der Waals surface area contributed by atoms with Gasteiger partial charge in [0.2, 0.25) is 0 Å². The van der Waals surface area contributed by atoms with E-state index in [1.807, 2.05) is 6.92 Å². The van der Waals surface area contributed by atoms with Crippen molar-refractivity contribution in [1.82, 2.24) is 0 Å². The van der Waals surface area contributed by atoms with Crippen LogP contribution in [-0.2, 0) is 9.53 Å². The van der Waals surface area contributed by atoms with E-state index in [9.17, 15) is 9.18 Å². The first kappa shape index (κ1) is 24.1. The number of carbonyl (C=O) groups excluding carboxylic acids is 1. The minimum atomic E-state index is -0.397. The van der Waals surface area contributed by atoms with Gasteiger partial charge in [0.05, 0.1) is 12.5 Å². The molecule has 174 valence electrons. The number of esters is 1. The normalized spacial score (nSPS) is 26.5. The summed E-state index contributed by atoms with van der Waals surface area (Å²) < 4.78 is 25.5. The van der Waals surface area contributed by atoms with Crippen molar-refractivity contribution >= 4 is 5.97 Å². The Bertz CT molecular complexity index is 681. The Morgan fingerprint density at radius 2 is 1.68 bits per heavy atom. The van der Waals surface area contributed by atoms with Gasteiger partial charge in [0.15, 0.2) is 11.6 Å². The molecular weight excluding hydrogens is 391 g/mol. The number of carbonyl (C=O) groups is 1. The van der Waals surface area contributed by atoms with Crippen LogP contribution >= 0.6 is 0 Å². The molecule has 1 aliphatic carbocycles. The highest BCUT2D eigenvalue weighted by atomic mass is 19.1. The first-order valence-electron chi connectivity index (χ1n) is 12.7. The standard InChI is InChI=1S/C27H41FO3/c1-3-5-6-7-20-8-10-21(11-9-20)12-14-23-15-16-24(27(29)31-23)22-13-17-26(25(28)19-22)30-18-4-2/h13,17,19-21,23-24H,3-12,14-16,18H2,1-2H3. The molecule has 2 unspecified atom stereocenters. The Kier molecular flexibility index (Phi) is 9.67. The number of rotatable bonds is 11. The van der Waals surface area contributed by atoms with Gasteiger partial charge >= 0.3 is 5.97 Å². The first-order valence-corrected chi connectivity index (χ1v) is 12.7. The van der Waals surface area contributed by atoms with Gasteiger partial charge in [-0.25, -0.2) is 4.39 Å². The monoisotopic (exact) mass is 432 g/mol. The van der Waals surface area contributed by atoms with Crippen molar-refractivity contribution in [2.45, 2.75) is 109 Å². The Hall–Kier alpha value is -1.58. The summed E-state index contributed by atoms with van der Waals surface area (Å²) in [5.41, 5.74) is 0.700. The lowest BCUT2D eigenvalue weighted by Gasteiger charge is -2.32. The minimum absolute atomic E-state index is 0.0306. The van der Waals surface area contributed by atoms with Crippen LogP contribution < -0.4 is 4.74 Å². The third kappa shape index (κ3) is 7.22. The zero-order chi connectivity index (χ0) is 22.1. The van der Waals surface area contributed by atoms with Crippen molar-refractivity contribution in [1.29, 1.82) is 0 Å². The second kappa shape index (κ2) is 12.5. The van der Waals surface area contributed by atoms with Crippen LogP contribution in [0.3, 0.4) is 0 Å². The number of halogens is 1. The molecule has 3 rings (SSSR count). The van der Waals surface area contributed by atoms with Crippen molar-refractivity contribution in [3.8, 4) is 5.75 Å². The summed E-state index contributed by atoms with van der Waals surface area (Å²) in [7, 11) is 0. The summed E-state index contributed by atoms with van der Waals surface area (Å²) in [6.45, 7) is 4.75. The number of ether oxygens (including phenoxy) is 2. The second-order valence-corrected chi connectivity index (χ2v) is 9.69. The van der Waals surface area contributed by atoms with Crippen LogP contribution in [0.15, 0.2) is 18.2 Å². The predicted octanol–water partition coefficient (Wildman–Crippen LogP) is 7.57. The fourth-order valence-corrected chi connectivity index (χ4v) is 5.26. The van der Waals surface area contributed by atoms with Crippen LogP contribution in [-0.4, -0.2) is 18.7 Å². The van der Waals surface area contributed by atoms with Crippen molar-refractivity contribution < 1.29 is 18.7 Å². The van der Waals surface area contributed by atoms with Gasteiger partial charge in [-0.1, -0.05) is 71.3 Å². The number of unbranched alkanes of at least 4 members (excludes halogenated alkanes) is 2. The lowest BCUT2D eigenvalue weighted by Crippen LogP contribution is -2.30. The number of cyclic esters (lactones) is 1. The second-order valence-electron chi connectivity index (χ2n) is 9.69. The van der Waals surface area contributed by atoms with E-state index in [-0.39, 0.29) is 23.7 Å². The van der Waals surface area contributed by atoms with E-state index < -0.39 is 5.82 Å². The highest BCUT2D eigenvalue weighted by molar-refractivity contribution is 5.79. The Balaban J connectivity index is 1.40. The third-order valence-electron chi connectivity index (χ3n) is 7.24. The molecule has 3 nitrogen and oxygen atoms in total. The summed E-state index contributed by atoms with van der Waals surface area (Å²) in [5, 5.41) is 0. The van der Waals surface area contributed by atoms with Gasteiger partial charge in [-0.05, 0) is 61.6 Å². The zero-order valence-corrected chi connectivity index (χ0v) is 19.5. The maximum Gasteiger partial charge on any atom is 0.313 e. The highest BCUT2D eigenvalue weighted by Gasteiger charge is 2.32. The van der Waals surface area contributed by atoms with Crippen molar-refractivity contribution in [2.24, 2.45) is 11.8 Å². The molecule has 0 bridgehead atoms. The summed E-state index contributed by atoms with van der Waals surface area (Å²) in [5.74, 6) is 1.04.